The summed E-state index contributed by atoms with van der Waals surface area (Å²) in [7, 11) is 0. The van der Waals surface area contributed by atoms with E-state index in [1.807, 2.05) is 30.3 Å². The van der Waals surface area contributed by atoms with Crippen molar-refractivity contribution >= 4 is 0 Å². The first kappa shape index (κ1) is 14.4. The van der Waals surface area contributed by atoms with Crippen LogP contribution in [-0.2, 0) is 11.3 Å². The summed E-state index contributed by atoms with van der Waals surface area (Å²) in [6, 6.07) is 9.99. The summed E-state index contributed by atoms with van der Waals surface area (Å²) >= 11 is 0. The fourth-order valence-electron chi connectivity index (χ4n) is 2.73. The normalized spacial score (nSPS) is 24.4. The highest BCUT2D eigenvalue weighted by Gasteiger charge is 2.39. The molecule has 1 saturated carbocycles. The Morgan fingerprint density at radius 2 is 1.74 bits per heavy atom. The Morgan fingerprint density at radius 1 is 1.11 bits per heavy atom. The van der Waals surface area contributed by atoms with E-state index in [-0.39, 0.29) is 12.5 Å². The first-order chi connectivity index (χ1) is 9.12. The number of ether oxygens (including phenoxy) is 1. The average molecular weight is 268 g/mol. The summed E-state index contributed by atoms with van der Waals surface area (Å²) in [6.07, 6.45) is 2.78. The summed E-state index contributed by atoms with van der Waals surface area (Å²) in [5.74, 6) is -2.95. The molecule has 0 N–H and O–H groups in total. The van der Waals surface area contributed by atoms with Gasteiger partial charge in [0.1, 0.15) is 0 Å². The van der Waals surface area contributed by atoms with Crippen LogP contribution in [0.2, 0.25) is 0 Å². The van der Waals surface area contributed by atoms with Gasteiger partial charge in [0.05, 0.1) is 12.7 Å². The molecule has 106 valence electrons. The van der Waals surface area contributed by atoms with Crippen molar-refractivity contribution in [2.75, 3.05) is 0 Å². The van der Waals surface area contributed by atoms with Crippen molar-refractivity contribution in [2.24, 2.45) is 5.92 Å². The molecular weight excluding hydrogens is 246 g/mol. The van der Waals surface area contributed by atoms with Crippen LogP contribution in [0.4, 0.5) is 8.78 Å². The Hall–Kier alpha value is -0.960. The maximum Gasteiger partial charge on any atom is 0.250 e. The molecule has 1 aromatic rings. The van der Waals surface area contributed by atoms with Crippen molar-refractivity contribution in [3.63, 3.8) is 0 Å². The minimum absolute atomic E-state index is 0.0484. The molecule has 1 aromatic carbocycles. The molecule has 0 bridgehead atoms. The molecule has 0 amide bonds. The van der Waals surface area contributed by atoms with Crippen LogP contribution in [0, 0.1) is 5.92 Å². The van der Waals surface area contributed by atoms with Crippen molar-refractivity contribution in [1.29, 1.82) is 0 Å². The topological polar surface area (TPSA) is 9.23 Å². The second-order valence-corrected chi connectivity index (χ2v) is 5.38. The molecule has 0 aliphatic heterocycles. The molecule has 1 aliphatic carbocycles. The zero-order valence-electron chi connectivity index (χ0n) is 11.4. The van der Waals surface area contributed by atoms with Gasteiger partial charge in [-0.25, -0.2) is 8.78 Å². The van der Waals surface area contributed by atoms with Gasteiger partial charge in [-0.15, -0.1) is 0 Å². The van der Waals surface area contributed by atoms with Crippen molar-refractivity contribution in [2.45, 2.75) is 57.7 Å². The maximum absolute atomic E-state index is 13.6. The second-order valence-electron chi connectivity index (χ2n) is 5.38. The number of rotatable bonds is 5. The standard InChI is InChI=1S/C16H22F2O/c1-2-16(17,18)14-8-10-15(11-9-14)19-12-13-6-4-3-5-7-13/h3-7,14-15H,2,8-12H2,1H3. The Morgan fingerprint density at radius 3 is 2.32 bits per heavy atom. The molecule has 0 radical (unpaired) electrons. The average Bonchev–Trinajstić information content (AvgIpc) is 2.47. The summed E-state index contributed by atoms with van der Waals surface area (Å²) < 4.78 is 33.0. The zero-order valence-corrected chi connectivity index (χ0v) is 11.4. The van der Waals surface area contributed by atoms with E-state index in [9.17, 15) is 8.78 Å². The van der Waals surface area contributed by atoms with Crippen LogP contribution >= 0.6 is 0 Å². The molecule has 0 heterocycles. The molecule has 2 rings (SSSR count). The lowest BCUT2D eigenvalue weighted by molar-refractivity contribution is -0.0926. The third-order valence-electron chi connectivity index (χ3n) is 4.07. The summed E-state index contributed by atoms with van der Waals surface area (Å²) in [5, 5.41) is 0. The van der Waals surface area contributed by atoms with Gasteiger partial charge in [-0.1, -0.05) is 37.3 Å². The predicted octanol–water partition coefficient (Wildman–Crippen LogP) is 4.81. The Labute approximate surface area is 114 Å². The maximum atomic E-state index is 13.6. The lowest BCUT2D eigenvalue weighted by Gasteiger charge is -2.33. The predicted molar refractivity (Wildman–Crippen MR) is 72.2 cm³/mol. The summed E-state index contributed by atoms with van der Waals surface area (Å²) in [4.78, 5) is 0. The number of benzene rings is 1. The molecule has 0 saturated heterocycles. The number of alkyl halides is 2. The van der Waals surface area contributed by atoms with Crippen molar-refractivity contribution in [1.82, 2.24) is 0 Å². The van der Waals surface area contributed by atoms with Crippen LogP contribution in [-0.4, -0.2) is 12.0 Å². The van der Waals surface area contributed by atoms with Gasteiger partial charge in [0.15, 0.2) is 0 Å². The van der Waals surface area contributed by atoms with Gasteiger partial charge in [-0.05, 0) is 31.2 Å². The van der Waals surface area contributed by atoms with Crippen LogP contribution in [0.15, 0.2) is 30.3 Å². The SMILES string of the molecule is CCC(F)(F)C1CCC(OCc2ccccc2)CC1. The van der Waals surface area contributed by atoms with Gasteiger partial charge < -0.3 is 4.74 Å². The van der Waals surface area contributed by atoms with Crippen molar-refractivity contribution < 1.29 is 13.5 Å². The first-order valence-electron chi connectivity index (χ1n) is 7.15. The van der Waals surface area contributed by atoms with E-state index in [0.717, 1.165) is 18.4 Å². The van der Waals surface area contributed by atoms with E-state index < -0.39 is 11.8 Å². The minimum Gasteiger partial charge on any atom is -0.374 e. The molecule has 1 nitrogen and oxygen atoms in total. The molecule has 0 atom stereocenters. The van der Waals surface area contributed by atoms with Crippen LogP contribution in [0.5, 0.6) is 0 Å². The largest absolute Gasteiger partial charge is 0.374 e. The fraction of sp³-hybridized carbons (Fsp3) is 0.625. The van der Waals surface area contributed by atoms with Gasteiger partial charge in [0, 0.05) is 12.3 Å². The fourth-order valence-corrected chi connectivity index (χ4v) is 2.73. The van der Waals surface area contributed by atoms with Crippen LogP contribution in [0.1, 0.15) is 44.6 Å². The van der Waals surface area contributed by atoms with Gasteiger partial charge >= 0.3 is 0 Å². The molecule has 1 fully saturated rings. The van der Waals surface area contributed by atoms with E-state index in [0.29, 0.717) is 19.4 Å². The van der Waals surface area contributed by atoms with Gasteiger partial charge in [-0.3, -0.25) is 0 Å². The van der Waals surface area contributed by atoms with E-state index in [4.69, 9.17) is 4.74 Å². The molecule has 0 spiro atoms. The zero-order chi connectivity index (χ0) is 13.7. The third kappa shape index (κ3) is 4.00. The third-order valence-corrected chi connectivity index (χ3v) is 4.07. The van der Waals surface area contributed by atoms with E-state index in [1.54, 1.807) is 6.92 Å². The van der Waals surface area contributed by atoms with Crippen LogP contribution < -0.4 is 0 Å². The molecule has 0 aromatic heterocycles. The smallest absolute Gasteiger partial charge is 0.250 e. The van der Waals surface area contributed by atoms with Gasteiger partial charge in [-0.2, -0.15) is 0 Å². The molecule has 0 unspecified atom stereocenters. The Kier molecular flexibility index (Phi) is 4.92. The first-order valence-corrected chi connectivity index (χ1v) is 7.15. The van der Waals surface area contributed by atoms with E-state index in [1.165, 1.54) is 0 Å². The molecule has 1 aliphatic rings. The van der Waals surface area contributed by atoms with Crippen molar-refractivity contribution in [3.8, 4) is 0 Å². The minimum atomic E-state index is -2.50. The monoisotopic (exact) mass is 268 g/mol. The Balaban J connectivity index is 1.75. The summed E-state index contributed by atoms with van der Waals surface area (Å²) in [6.45, 7) is 2.15. The Bertz CT molecular complexity index is 370. The molecular formula is C16H22F2O. The van der Waals surface area contributed by atoms with E-state index >= 15 is 0 Å². The lowest BCUT2D eigenvalue weighted by Crippen LogP contribution is -2.33. The van der Waals surface area contributed by atoms with Crippen LogP contribution in [0.25, 0.3) is 0 Å². The number of halogens is 2. The van der Waals surface area contributed by atoms with Crippen LogP contribution in [0.3, 0.4) is 0 Å². The highest BCUT2D eigenvalue weighted by Crippen LogP contribution is 2.39. The molecule has 3 heteroatoms. The van der Waals surface area contributed by atoms with Gasteiger partial charge in [0.2, 0.25) is 0 Å². The second kappa shape index (κ2) is 6.47. The lowest BCUT2D eigenvalue weighted by atomic mass is 9.82. The summed E-state index contributed by atoms with van der Waals surface area (Å²) in [5.41, 5.74) is 1.14. The highest BCUT2D eigenvalue weighted by atomic mass is 19.3. The number of hydrogen-bond acceptors (Lipinski definition) is 1. The van der Waals surface area contributed by atoms with E-state index in [2.05, 4.69) is 0 Å². The highest BCUT2D eigenvalue weighted by molar-refractivity contribution is 5.13. The van der Waals surface area contributed by atoms with Gasteiger partial charge in [0.25, 0.3) is 5.92 Å². The quantitative estimate of drug-likeness (QED) is 0.744. The number of hydrogen-bond donors (Lipinski definition) is 0. The van der Waals surface area contributed by atoms with Crippen molar-refractivity contribution in [3.05, 3.63) is 35.9 Å². The molecule has 19 heavy (non-hydrogen) atoms.